The van der Waals surface area contributed by atoms with Gasteiger partial charge in [-0.05, 0) is 25.7 Å². The van der Waals surface area contributed by atoms with Crippen molar-refractivity contribution in [3.8, 4) is 0 Å². The van der Waals surface area contributed by atoms with Gasteiger partial charge in [0.05, 0.1) is 6.10 Å². The molecule has 1 heteroatoms. The standard InChI is InChI=1S/C10H18O/c1-3-9-8(2)6-4-5-7-10(9)11/h9-11H,2-7H2,1H3/t9-,10-/m0/s1. The molecule has 1 aliphatic rings. The lowest BCUT2D eigenvalue weighted by molar-refractivity contribution is 0.116. The van der Waals surface area contributed by atoms with Gasteiger partial charge in [-0.1, -0.05) is 25.5 Å². The summed E-state index contributed by atoms with van der Waals surface area (Å²) in [5.74, 6) is 0.373. The number of aliphatic hydroxyl groups excluding tert-OH is 1. The number of rotatable bonds is 1. The normalized spacial score (nSPS) is 33.5. The van der Waals surface area contributed by atoms with Gasteiger partial charge in [0.25, 0.3) is 0 Å². The quantitative estimate of drug-likeness (QED) is 0.454. The first-order valence-corrected chi connectivity index (χ1v) is 4.61. The largest absolute Gasteiger partial charge is 0.393 e. The maximum atomic E-state index is 9.66. The van der Waals surface area contributed by atoms with Gasteiger partial charge in [0.15, 0.2) is 0 Å². The van der Waals surface area contributed by atoms with Crippen LogP contribution in [0.25, 0.3) is 0 Å². The average molecular weight is 154 g/mol. The predicted molar refractivity (Wildman–Crippen MR) is 47.4 cm³/mol. The lowest BCUT2D eigenvalue weighted by Crippen LogP contribution is -2.19. The van der Waals surface area contributed by atoms with Gasteiger partial charge in [0, 0.05) is 5.92 Å². The molecule has 0 heterocycles. The van der Waals surface area contributed by atoms with Gasteiger partial charge in [-0.2, -0.15) is 0 Å². The van der Waals surface area contributed by atoms with Crippen LogP contribution in [0.3, 0.4) is 0 Å². The van der Waals surface area contributed by atoms with Gasteiger partial charge < -0.3 is 5.11 Å². The number of aliphatic hydroxyl groups is 1. The summed E-state index contributed by atoms with van der Waals surface area (Å²) in [5, 5.41) is 9.66. The molecule has 0 aromatic heterocycles. The molecule has 0 amide bonds. The third kappa shape index (κ3) is 2.06. The van der Waals surface area contributed by atoms with Gasteiger partial charge in [0.1, 0.15) is 0 Å². The van der Waals surface area contributed by atoms with Crippen LogP contribution in [-0.4, -0.2) is 11.2 Å². The Balaban J connectivity index is 2.58. The molecule has 0 radical (unpaired) electrons. The van der Waals surface area contributed by atoms with Crippen LogP contribution in [0.2, 0.25) is 0 Å². The Morgan fingerprint density at radius 2 is 2.27 bits per heavy atom. The van der Waals surface area contributed by atoms with Crippen molar-refractivity contribution in [2.45, 2.75) is 45.1 Å². The molecule has 1 saturated carbocycles. The smallest absolute Gasteiger partial charge is 0.0605 e. The highest BCUT2D eigenvalue weighted by molar-refractivity contribution is 5.04. The Labute approximate surface area is 69.1 Å². The summed E-state index contributed by atoms with van der Waals surface area (Å²) in [6.07, 6.45) is 5.39. The molecular weight excluding hydrogens is 136 g/mol. The zero-order valence-electron chi connectivity index (χ0n) is 7.34. The second kappa shape index (κ2) is 3.91. The zero-order valence-corrected chi connectivity index (χ0v) is 7.34. The van der Waals surface area contributed by atoms with Gasteiger partial charge >= 0.3 is 0 Å². The second-order valence-electron chi connectivity index (χ2n) is 3.49. The maximum absolute atomic E-state index is 9.66. The summed E-state index contributed by atoms with van der Waals surface area (Å²) in [6, 6.07) is 0. The highest BCUT2D eigenvalue weighted by Crippen LogP contribution is 2.29. The number of hydrogen-bond donors (Lipinski definition) is 1. The van der Waals surface area contributed by atoms with E-state index in [9.17, 15) is 5.11 Å². The Bertz CT molecular complexity index is 140. The summed E-state index contributed by atoms with van der Waals surface area (Å²) < 4.78 is 0. The molecule has 0 unspecified atom stereocenters. The highest BCUT2D eigenvalue weighted by atomic mass is 16.3. The summed E-state index contributed by atoms with van der Waals surface area (Å²) >= 11 is 0. The molecule has 2 atom stereocenters. The first kappa shape index (κ1) is 8.79. The molecular formula is C10H18O. The van der Waals surface area contributed by atoms with E-state index in [1.54, 1.807) is 0 Å². The molecule has 1 rings (SSSR count). The van der Waals surface area contributed by atoms with Crippen molar-refractivity contribution in [3.63, 3.8) is 0 Å². The van der Waals surface area contributed by atoms with Crippen LogP contribution >= 0.6 is 0 Å². The molecule has 0 saturated heterocycles. The van der Waals surface area contributed by atoms with Crippen LogP contribution in [0.15, 0.2) is 12.2 Å². The molecule has 64 valence electrons. The molecule has 0 bridgehead atoms. The third-order valence-corrected chi connectivity index (χ3v) is 2.68. The monoisotopic (exact) mass is 154 g/mol. The minimum atomic E-state index is -0.116. The van der Waals surface area contributed by atoms with Crippen LogP contribution in [0.5, 0.6) is 0 Å². The van der Waals surface area contributed by atoms with E-state index in [2.05, 4.69) is 13.5 Å². The predicted octanol–water partition coefficient (Wildman–Crippen LogP) is 2.50. The van der Waals surface area contributed by atoms with Crippen molar-refractivity contribution >= 4 is 0 Å². The summed E-state index contributed by atoms with van der Waals surface area (Å²) in [5.41, 5.74) is 1.26. The summed E-state index contributed by atoms with van der Waals surface area (Å²) in [7, 11) is 0. The molecule has 0 aromatic rings. The molecule has 1 N–H and O–H groups in total. The molecule has 11 heavy (non-hydrogen) atoms. The topological polar surface area (TPSA) is 20.2 Å². The van der Waals surface area contributed by atoms with Crippen LogP contribution in [0.1, 0.15) is 39.0 Å². The lowest BCUT2D eigenvalue weighted by atomic mass is 9.91. The van der Waals surface area contributed by atoms with Crippen LogP contribution in [0.4, 0.5) is 0 Å². The molecule has 1 nitrogen and oxygen atoms in total. The molecule has 1 aliphatic carbocycles. The van der Waals surface area contributed by atoms with E-state index in [4.69, 9.17) is 0 Å². The van der Waals surface area contributed by atoms with Crippen molar-refractivity contribution in [3.05, 3.63) is 12.2 Å². The molecule has 1 fully saturated rings. The Kier molecular flexibility index (Phi) is 3.13. The fourth-order valence-corrected chi connectivity index (χ4v) is 1.92. The van der Waals surface area contributed by atoms with E-state index in [0.29, 0.717) is 5.92 Å². The van der Waals surface area contributed by atoms with Gasteiger partial charge in [0.2, 0.25) is 0 Å². The van der Waals surface area contributed by atoms with Gasteiger partial charge in [-0.15, -0.1) is 0 Å². The Morgan fingerprint density at radius 3 is 2.91 bits per heavy atom. The van der Waals surface area contributed by atoms with Crippen molar-refractivity contribution in [1.82, 2.24) is 0 Å². The summed E-state index contributed by atoms with van der Waals surface area (Å²) in [4.78, 5) is 0. The Morgan fingerprint density at radius 1 is 1.55 bits per heavy atom. The minimum Gasteiger partial charge on any atom is -0.393 e. The van der Waals surface area contributed by atoms with E-state index in [-0.39, 0.29) is 6.10 Å². The van der Waals surface area contributed by atoms with Crippen molar-refractivity contribution in [2.24, 2.45) is 5.92 Å². The van der Waals surface area contributed by atoms with E-state index >= 15 is 0 Å². The first-order chi connectivity index (χ1) is 5.25. The average Bonchev–Trinajstić information content (AvgIpc) is 2.12. The maximum Gasteiger partial charge on any atom is 0.0605 e. The fourth-order valence-electron chi connectivity index (χ4n) is 1.92. The van der Waals surface area contributed by atoms with Gasteiger partial charge in [-0.3, -0.25) is 0 Å². The molecule has 0 aliphatic heterocycles. The molecule has 0 aromatic carbocycles. The van der Waals surface area contributed by atoms with Crippen molar-refractivity contribution < 1.29 is 5.11 Å². The summed E-state index contributed by atoms with van der Waals surface area (Å²) in [6.45, 7) is 6.15. The van der Waals surface area contributed by atoms with E-state index in [1.165, 1.54) is 12.0 Å². The molecule has 0 spiro atoms. The SMILES string of the molecule is C=C1CCCC[C@H](O)[C@H]1CC. The zero-order chi connectivity index (χ0) is 8.27. The van der Waals surface area contributed by atoms with E-state index in [0.717, 1.165) is 25.7 Å². The van der Waals surface area contributed by atoms with Gasteiger partial charge in [-0.25, -0.2) is 0 Å². The van der Waals surface area contributed by atoms with Crippen molar-refractivity contribution in [2.75, 3.05) is 0 Å². The minimum absolute atomic E-state index is 0.116. The Hall–Kier alpha value is -0.300. The van der Waals surface area contributed by atoms with Crippen molar-refractivity contribution in [1.29, 1.82) is 0 Å². The highest BCUT2D eigenvalue weighted by Gasteiger charge is 2.22. The first-order valence-electron chi connectivity index (χ1n) is 4.61. The van der Waals surface area contributed by atoms with Crippen LogP contribution in [0, 0.1) is 5.92 Å². The van der Waals surface area contributed by atoms with Crippen LogP contribution < -0.4 is 0 Å². The lowest BCUT2D eigenvalue weighted by Gasteiger charge is -2.19. The fraction of sp³-hybridized carbons (Fsp3) is 0.800. The third-order valence-electron chi connectivity index (χ3n) is 2.68. The van der Waals surface area contributed by atoms with E-state index in [1.807, 2.05) is 0 Å². The van der Waals surface area contributed by atoms with Crippen LogP contribution in [-0.2, 0) is 0 Å². The second-order valence-corrected chi connectivity index (χ2v) is 3.49. The number of hydrogen-bond acceptors (Lipinski definition) is 1. The van der Waals surface area contributed by atoms with E-state index < -0.39 is 0 Å².